The van der Waals surface area contributed by atoms with Crippen molar-refractivity contribution in [2.75, 3.05) is 23.3 Å². The summed E-state index contributed by atoms with van der Waals surface area (Å²) in [6.45, 7) is 6.60. The summed E-state index contributed by atoms with van der Waals surface area (Å²) in [5.74, 6) is 2.90. The van der Waals surface area contributed by atoms with E-state index in [-0.39, 0.29) is 0 Å². The number of benzene rings is 1. The molecule has 0 unspecified atom stereocenters. The van der Waals surface area contributed by atoms with E-state index in [4.69, 9.17) is 9.97 Å². The molecular weight excluding hydrogens is 312 g/mol. The number of rotatable bonds is 3. The number of hydrogen-bond acceptors (Lipinski definition) is 5. The molecule has 3 heterocycles. The van der Waals surface area contributed by atoms with E-state index >= 15 is 0 Å². The van der Waals surface area contributed by atoms with Crippen molar-refractivity contribution >= 4 is 28.5 Å². The lowest BCUT2D eigenvalue weighted by Crippen LogP contribution is -2.39. The van der Waals surface area contributed by atoms with Gasteiger partial charge in [-0.3, -0.25) is 4.68 Å². The molecule has 1 saturated heterocycles. The first-order valence-electron chi connectivity index (χ1n) is 8.87. The predicted molar refractivity (Wildman–Crippen MR) is 101 cm³/mol. The van der Waals surface area contributed by atoms with Gasteiger partial charge in [0.2, 0.25) is 5.95 Å². The lowest BCUT2D eigenvalue weighted by Gasteiger charge is -2.35. The SMILES string of the molecule is C[C@@H]1C[C@H](C)CN(c2nc(Nc3ccccc3)c3cnn(C)c3n2)C1. The zero-order valence-corrected chi connectivity index (χ0v) is 15.0. The van der Waals surface area contributed by atoms with Gasteiger partial charge in [-0.1, -0.05) is 32.0 Å². The van der Waals surface area contributed by atoms with Gasteiger partial charge in [0.25, 0.3) is 0 Å². The van der Waals surface area contributed by atoms with Crippen LogP contribution >= 0.6 is 0 Å². The maximum absolute atomic E-state index is 4.85. The molecule has 0 spiro atoms. The van der Waals surface area contributed by atoms with Gasteiger partial charge in [0.1, 0.15) is 5.82 Å². The quantitative estimate of drug-likeness (QED) is 0.792. The van der Waals surface area contributed by atoms with Crippen LogP contribution in [-0.2, 0) is 7.05 Å². The first-order valence-corrected chi connectivity index (χ1v) is 8.87. The summed E-state index contributed by atoms with van der Waals surface area (Å²) in [4.78, 5) is 12.0. The van der Waals surface area contributed by atoms with Crippen LogP contribution < -0.4 is 10.2 Å². The number of fused-ring (bicyclic) bond motifs is 1. The van der Waals surface area contributed by atoms with E-state index in [0.717, 1.165) is 41.6 Å². The summed E-state index contributed by atoms with van der Waals surface area (Å²) in [6, 6.07) is 10.1. The summed E-state index contributed by atoms with van der Waals surface area (Å²) in [6.07, 6.45) is 3.09. The van der Waals surface area contributed by atoms with Crippen molar-refractivity contribution in [2.24, 2.45) is 18.9 Å². The predicted octanol–water partition coefficient (Wildman–Crippen LogP) is 3.59. The zero-order valence-electron chi connectivity index (χ0n) is 15.0. The number of piperidine rings is 1. The van der Waals surface area contributed by atoms with E-state index in [2.05, 4.69) is 29.2 Å². The molecule has 0 saturated carbocycles. The number of hydrogen-bond donors (Lipinski definition) is 1. The summed E-state index contributed by atoms with van der Waals surface area (Å²) in [7, 11) is 1.92. The van der Waals surface area contributed by atoms with E-state index in [1.165, 1.54) is 6.42 Å². The highest BCUT2D eigenvalue weighted by atomic mass is 15.3. The second-order valence-corrected chi connectivity index (χ2v) is 7.22. The van der Waals surface area contributed by atoms with Crippen molar-refractivity contribution in [1.82, 2.24) is 19.7 Å². The lowest BCUT2D eigenvalue weighted by molar-refractivity contribution is 0.354. The Labute approximate surface area is 147 Å². The molecule has 0 aliphatic carbocycles. The fourth-order valence-corrected chi connectivity index (χ4v) is 3.73. The molecule has 0 bridgehead atoms. The molecule has 1 aromatic carbocycles. The topological polar surface area (TPSA) is 58.9 Å². The molecule has 3 aromatic rings. The molecule has 1 N–H and O–H groups in total. The van der Waals surface area contributed by atoms with Crippen molar-refractivity contribution < 1.29 is 0 Å². The Morgan fingerprint density at radius 1 is 1.04 bits per heavy atom. The van der Waals surface area contributed by atoms with Crippen molar-refractivity contribution in [2.45, 2.75) is 20.3 Å². The van der Waals surface area contributed by atoms with Crippen molar-refractivity contribution in [1.29, 1.82) is 0 Å². The van der Waals surface area contributed by atoms with Gasteiger partial charge in [-0.25, -0.2) is 0 Å². The molecule has 130 valence electrons. The molecule has 2 atom stereocenters. The van der Waals surface area contributed by atoms with Gasteiger partial charge in [-0.05, 0) is 30.4 Å². The number of nitrogens with one attached hydrogen (secondary N) is 1. The molecule has 4 rings (SSSR count). The minimum Gasteiger partial charge on any atom is -0.340 e. The van der Waals surface area contributed by atoms with Crippen LogP contribution in [0.3, 0.4) is 0 Å². The van der Waals surface area contributed by atoms with Gasteiger partial charge in [-0.15, -0.1) is 0 Å². The minimum absolute atomic E-state index is 0.653. The van der Waals surface area contributed by atoms with Gasteiger partial charge in [0, 0.05) is 25.8 Å². The van der Waals surface area contributed by atoms with Gasteiger partial charge in [-0.2, -0.15) is 15.1 Å². The summed E-state index contributed by atoms with van der Waals surface area (Å²) < 4.78 is 1.81. The Balaban J connectivity index is 1.76. The maximum atomic E-state index is 4.85. The molecule has 1 fully saturated rings. The van der Waals surface area contributed by atoms with E-state index in [1.807, 2.05) is 48.3 Å². The third-order valence-corrected chi connectivity index (χ3v) is 4.77. The van der Waals surface area contributed by atoms with E-state index in [0.29, 0.717) is 11.8 Å². The van der Waals surface area contributed by atoms with Crippen LogP contribution in [0.2, 0.25) is 0 Å². The van der Waals surface area contributed by atoms with Crippen LogP contribution in [0.4, 0.5) is 17.5 Å². The number of aromatic nitrogens is 4. The third-order valence-electron chi connectivity index (χ3n) is 4.77. The fourth-order valence-electron chi connectivity index (χ4n) is 3.73. The van der Waals surface area contributed by atoms with Crippen LogP contribution in [0.5, 0.6) is 0 Å². The Morgan fingerprint density at radius 3 is 2.48 bits per heavy atom. The zero-order chi connectivity index (χ0) is 17.4. The number of aryl methyl sites for hydroxylation is 1. The molecule has 1 aliphatic rings. The molecule has 6 nitrogen and oxygen atoms in total. The molecule has 25 heavy (non-hydrogen) atoms. The summed E-state index contributed by atoms with van der Waals surface area (Å²) >= 11 is 0. The van der Waals surface area contributed by atoms with Gasteiger partial charge < -0.3 is 10.2 Å². The molecule has 2 aromatic heterocycles. The minimum atomic E-state index is 0.653. The van der Waals surface area contributed by atoms with Crippen LogP contribution in [0.1, 0.15) is 20.3 Å². The molecule has 0 radical (unpaired) electrons. The first-order chi connectivity index (χ1) is 12.1. The standard InChI is InChI=1S/C19H24N6/c1-13-9-14(2)12-25(11-13)19-22-17(21-15-7-5-4-6-8-15)16-10-20-24(3)18(16)23-19/h4-8,10,13-14H,9,11-12H2,1-3H3,(H,21,22,23)/t13-,14+. The summed E-state index contributed by atoms with van der Waals surface area (Å²) in [5, 5.41) is 8.74. The highest BCUT2D eigenvalue weighted by Crippen LogP contribution is 2.29. The highest BCUT2D eigenvalue weighted by Gasteiger charge is 2.25. The Bertz CT molecular complexity index is 862. The Kier molecular flexibility index (Phi) is 4.03. The van der Waals surface area contributed by atoms with Crippen LogP contribution in [0.25, 0.3) is 11.0 Å². The smallest absolute Gasteiger partial charge is 0.229 e. The normalized spacial score (nSPS) is 20.8. The Hall–Kier alpha value is -2.63. The van der Waals surface area contributed by atoms with E-state index < -0.39 is 0 Å². The second kappa shape index (κ2) is 6.35. The molecule has 6 heteroatoms. The lowest BCUT2D eigenvalue weighted by atomic mass is 9.92. The van der Waals surface area contributed by atoms with Crippen LogP contribution in [0.15, 0.2) is 36.5 Å². The van der Waals surface area contributed by atoms with E-state index in [1.54, 1.807) is 0 Å². The first kappa shape index (κ1) is 15.9. The summed E-state index contributed by atoms with van der Waals surface area (Å²) in [5.41, 5.74) is 1.87. The highest BCUT2D eigenvalue weighted by molar-refractivity contribution is 5.89. The number of para-hydroxylation sites is 1. The maximum Gasteiger partial charge on any atom is 0.229 e. The van der Waals surface area contributed by atoms with Crippen LogP contribution in [0, 0.1) is 11.8 Å². The molecular formula is C19H24N6. The average Bonchev–Trinajstić information content (AvgIpc) is 2.96. The molecule has 1 aliphatic heterocycles. The Morgan fingerprint density at radius 2 is 1.76 bits per heavy atom. The second-order valence-electron chi connectivity index (χ2n) is 7.22. The van der Waals surface area contributed by atoms with Gasteiger partial charge >= 0.3 is 0 Å². The van der Waals surface area contributed by atoms with Crippen molar-refractivity contribution in [3.8, 4) is 0 Å². The molecule has 0 amide bonds. The van der Waals surface area contributed by atoms with Gasteiger partial charge in [0.05, 0.1) is 11.6 Å². The average molecular weight is 336 g/mol. The van der Waals surface area contributed by atoms with Crippen molar-refractivity contribution in [3.05, 3.63) is 36.5 Å². The fraction of sp³-hybridized carbons (Fsp3) is 0.421. The van der Waals surface area contributed by atoms with E-state index in [9.17, 15) is 0 Å². The number of nitrogens with zero attached hydrogens (tertiary/aromatic N) is 5. The monoisotopic (exact) mass is 336 g/mol. The van der Waals surface area contributed by atoms with Crippen LogP contribution in [-0.4, -0.2) is 32.8 Å². The largest absolute Gasteiger partial charge is 0.340 e. The number of anilines is 3. The third kappa shape index (κ3) is 3.16. The van der Waals surface area contributed by atoms with Gasteiger partial charge in [0.15, 0.2) is 5.65 Å². The van der Waals surface area contributed by atoms with Crippen molar-refractivity contribution in [3.63, 3.8) is 0 Å².